The number of hydrogen-bond acceptors (Lipinski definition) is 5. The van der Waals surface area contributed by atoms with Crippen LogP contribution in [0.1, 0.15) is 61.4 Å². The maximum absolute atomic E-state index is 13.4. The summed E-state index contributed by atoms with van der Waals surface area (Å²) in [5.74, 6) is -0.687. The van der Waals surface area contributed by atoms with E-state index in [2.05, 4.69) is 10.6 Å². The number of aryl methyl sites for hydroxylation is 1. The molecule has 5 rings (SSSR count). The molecule has 39 heavy (non-hydrogen) atoms. The van der Waals surface area contributed by atoms with Gasteiger partial charge in [0.2, 0.25) is 5.91 Å². The number of halogens is 1. The molecule has 0 radical (unpaired) electrons. The summed E-state index contributed by atoms with van der Waals surface area (Å²) in [4.78, 5) is 52.5. The monoisotopic (exact) mass is 547 g/mol. The Morgan fingerprint density at radius 1 is 1.05 bits per heavy atom. The van der Waals surface area contributed by atoms with Crippen molar-refractivity contribution in [2.45, 2.75) is 64.6 Å². The Labute approximate surface area is 230 Å². The second kappa shape index (κ2) is 11.1. The summed E-state index contributed by atoms with van der Waals surface area (Å²) in [7, 11) is 0. The van der Waals surface area contributed by atoms with Crippen LogP contribution in [0, 0.1) is 23.2 Å². The van der Waals surface area contributed by atoms with Gasteiger partial charge < -0.3 is 10.6 Å². The number of nitrogens with zero attached hydrogens (tertiary/aromatic N) is 3. The first kappa shape index (κ1) is 26.7. The van der Waals surface area contributed by atoms with E-state index < -0.39 is 5.92 Å². The number of fused-ring (bicyclic) bond motifs is 1. The zero-order valence-electron chi connectivity index (χ0n) is 21.7. The maximum Gasteiger partial charge on any atom is 0.331 e. The number of benzene rings is 2. The maximum atomic E-state index is 13.4. The van der Waals surface area contributed by atoms with Gasteiger partial charge >= 0.3 is 5.69 Å². The minimum absolute atomic E-state index is 0.198. The highest BCUT2D eigenvalue weighted by Crippen LogP contribution is 2.30. The van der Waals surface area contributed by atoms with Gasteiger partial charge in [0.1, 0.15) is 6.07 Å². The molecule has 2 saturated carbocycles. The van der Waals surface area contributed by atoms with Crippen LogP contribution in [0.5, 0.6) is 0 Å². The van der Waals surface area contributed by atoms with Gasteiger partial charge in [-0.05, 0) is 74.9 Å². The lowest BCUT2D eigenvalue weighted by atomic mass is 9.83. The summed E-state index contributed by atoms with van der Waals surface area (Å²) in [6.07, 6.45) is 5.04. The van der Waals surface area contributed by atoms with E-state index in [1.807, 2.05) is 13.0 Å². The summed E-state index contributed by atoms with van der Waals surface area (Å²) in [6, 6.07) is 11.1. The molecule has 2 aliphatic carbocycles. The molecule has 1 heterocycles. The Bertz CT molecular complexity index is 1610. The van der Waals surface area contributed by atoms with Crippen molar-refractivity contribution in [1.29, 1.82) is 5.26 Å². The van der Waals surface area contributed by atoms with Crippen molar-refractivity contribution in [3.63, 3.8) is 0 Å². The lowest BCUT2D eigenvalue weighted by molar-refractivity contribution is -0.121. The first-order chi connectivity index (χ1) is 18.8. The van der Waals surface area contributed by atoms with Gasteiger partial charge in [-0.3, -0.25) is 23.5 Å². The van der Waals surface area contributed by atoms with E-state index in [1.165, 1.54) is 16.7 Å². The molecule has 202 valence electrons. The molecule has 2 fully saturated rings. The second-order valence-electron chi connectivity index (χ2n) is 10.4. The lowest BCUT2D eigenvalue weighted by Gasteiger charge is -2.31. The average Bonchev–Trinajstić information content (AvgIpc) is 3.76. The molecule has 2 N–H and O–H groups in total. The Kier molecular flexibility index (Phi) is 7.58. The molecule has 0 bridgehead atoms. The Morgan fingerprint density at radius 3 is 2.51 bits per heavy atom. The minimum atomic E-state index is -0.455. The predicted octanol–water partition coefficient (Wildman–Crippen LogP) is 4.05. The van der Waals surface area contributed by atoms with Crippen LogP contribution in [0.15, 0.2) is 46.0 Å². The predicted molar refractivity (Wildman–Crippen MR) is 149 cm³/mol. The first-order valence-corrected chi connectivity index (χ1v) is 13.8. The van der Waals surface area contributed by atoms with Gasteiger partial charge in [0.15, 0.2) is 0 Å². The van der Waals surface area contributed by atoms with Crippen molar-refractivity contribution in [3.8, 4) is 6.07 Å². The Balaban J connectivity index is 1.37. The van der Waals surface area contributed by atoms with Gasteiger partial charge in [0.25, 0.3) is 11.5 Å². The van der Waals surface area contributed by atoms with Crippen LogP contribution in [0.4, 0.5) is 5.69 Å². The highest BCUT2D eigenvalue weighted by Gasteiger charge is 2.32. The van der Waals surface area contributed by atoms with Gasteiger partial charge in [0, 0.05) is 30.4 Å². The largest absolute Gasteiger partial charge is 0.349 e. The number of nitrogens with one attached hydrogen (secondary N) is 2. The number of carbonyl (C=O) groups excluding carboxylic acids is 2. The summed E-state index contributed by atoms with van der Waals surface area (Å²) in [6.45, 7) is 2.71. The Morgan fingerprint density at radius 2 is 1.82 bits per heavy atom. The quantitative estimate of drug-likeness (QED) is 0.461. The smallest absolute Gasteiger partial charge is 0.331 e. The second-order valence-corrected chi connectivity index (χ2v) is 10.8. The van der Waals surface area contributed by atoms with E-state index in [4.69, 9.17) is 16.9 Å². The van der Waals surface area contributed by atoms with E-state index in [0.29, 0.717) is 54.0 Å². The number of amides is 2. The van der Waals surface area contributed by atoms with Gasteiger partial charge in [-0.25, -0.2) is 4.79 Å². The highest BCUT2D eigenvalue weighted by atomic mass is 35.5. The fraction of sp³-hybridized carbons (Fsp3) is 0.414. The number of aromatic nitrogens is 2. The van der Waals surface area contributed by atoms with E-state index in [9.17, 15) is 19.2 Å². The van der Waals surface area contributed by atoms with Crippen molar-refractivity contribution in [3.05, 3.63) is 73.4 Å². The molecule has 9 nitrogen and oxygen atoms in total. The molecule has 2 atom stereocenters. The number of rotatable bonds is 7. The third kappa shape index (κ3) is 5.48. The zero-order chi connectivity index (χ0) is 27.7. The molecule has 0 saturated heterocycles. The highest BCUT2D eigenvalue weighted by molar-refractivity contribution is 6.32. The van der Waals surface area contributed by atoms with E-state index in [1.54, 1.807) is 28.8 Å². The third-order valence-electron chi connectivity index (χ3n) is 7.72. The van der Waals surface area contributed by atoms with Crippen LogP contribution < -0.4 is 21.9 Å². The van der Waals surface area contributed by atoms with Gasteiger partial charge in [0.05, 0.1) is 27.4 Å². The first-order valence-electron chi connectivity index (χ1n) is 13.4. The average molecular weight is 548 g/mol. The van der Waals surface area contributed by atoms with E-state index in [0.717, 1.165) is 25.7 Å². The van der Waals surface area contributed by atoms with Crippen LogP contribution in [0.3, 0.4) is 0 Å². The summed E-state index contributed by atoms with van der Waals surface area (Å²) in [5, 5.41) is 15.6. The summed E-state index contributed by atoms with van der Waals surface area (Å²) in [5.41, 5.74) is 0.978. The SMILES string of the molecule is CCn1c(=O)n(CC2CC2)c(=O)c2cc(NC(=O)[C@H]3CCCC[C@@H]3NC(=O)c3ccc(C#N)c(Cl)c3)ccc21. The third-order valence-corrected chi connectivity index (χ3v) is 8.03. The molecule has 2 amide bonds. The molecule has 0 spiro atoms. The number of carbonyl (C=O) groups is 2. The van der Waals surface area contributed by atoms with Crippen LogP contribution in [-0.4, -0.2) is 27.0 Å². The van der Waals surface area contributed by atoms with Gasteiger partial charge in [-0.1, -0.05) is 24.4 Å². The van der Waals surface area contributed by atoms with Crippen LogP contribution in [0.25, 0.3) is 10.9 Å². The molecule has 0 unspecified atom stereocenters. The molecule has 0 aliphatic heterocycles. The lowest BCUT2D eigenvalue weighted by Crippen LogP contribution is -2.46. The molecule has 1 aromatic heterocycles. The van der Waals surface area contributed by atoms with Crippen LogP contribution in [0.2, 0.25) is 5.02 Å². The number of anilines is 1. The standard InChI is InChI=1S/C29H30ClN5O4/c1-2-34-25-12-11-20(14-22(25)28(38)35(29(34)39)16-17-7-8-17)32-27(37)21-5-3-4-6-24(21)33-26(36)18-9-10-19(15-31)23(30)13-18/h9-14,17,21,24H,2-8,16H2,1H3,(H,32,37)(H,33,36)/t21-,24-/m0/s1. The number of nitriles is 1. The Hall–Kier alpha value is -3.90. The topological polar surface area (TPSA) is 126 Å². The minimum Gasteiger partial charge on any atom is -0.349 e. The normalized spacial score (nSPS) is 18.9. The molecule has 2 aliphatic rings. The molecule has 3 aromatic rings. The van der Waals surface area contributed by atoms with Crippen LogP contribution >= 0.6 is 11.6 Å². The molecule has 2 aromatic carbocycles. The van der Waals surface area contributed by atoms with Crippen molar-refractivity contribution < 1.29 is 9.59 Å². The van der Waals surface area contributed by atoms with E-state index >= 15 is 0 Å². The van der Waals surface area contributed by atoms with Crippen molar-refractivity contribution in [1.82, 2.24) is 14.5 Å². The van der Waals surface area contributed by atoms with Crippen molar-refractivity contribution >= 4 is 40.0 Å². The van der Waals surface area contributed by atoms with Crippen LogP contribution in [-0.2, 0) is 17.9 Å². The zero-order valence-corrected chi connectivity index (χ0v) is 22.5. The van der Waals surface area contributed by atoms with Crippen molar-refractivity contribution in [2.75, 3.05) is 5.32 Å². The number of hydrogen-bond donors (Lipinski definition) is 2. The summed E-state index contributed by atoms with van der Waals surface area (Å²) >= 11 is 6.09. The molecule has 10 heteroatoms. The van der Waals surface area contributed by atoms with Crippen molar-refractivity contribution in [2.24, 2.45) is 11.8 Å². The molecular weight excluding hydrogens is 518 g/mol. The van der Waals surface area contributed by atoms with Gasteiger partial charge in [-0.15, -0.1) is 0 Å². The fourth-order valence-electron chi connectivity index (χ4n) is 5.38. The fourth-order valence-corrected chi connectivity index (χ4v) is 5.60. The summed E-state index contributed by atoms with van der Waals surface area (Å²) < 4.78 is 2.91. The van der Waals surface area contributed by atoms with Gasteiger partial charge in [-0.2, -0.15) is 5.26 Å². The molecular formula is C29H30ClN5O4. The van der Waals surface area contributed by atoms with E-state index in [-0.39, 0.29) is 39.7 Å².